The zero-order valence-electron chi connectivity index (χ0n) is 19.3. The van der Waals surface area contributed by atoms with E-state index in [-0.39, 0.29) is 0 Å². The van der Waals surface area contributed by atoms with Crippen LogP contribution in [0.2, 0.25) is 0 Å². The second kappa shape index (κ2) is 10.0. The van der Waals surface area contributed by atoms with Crippen molar-refractivity contribution < 1.29 is 9.53 Å². The smallest absolute Gasteiger partial charge is 0.407 e. The Hall–Kier alpha value is -2.72. The highest BCUT2D eigenvalue weighted by Gasteiger charge is 2.23. The van der Waals surface area contributed by atoms with Gasteiger partial charge < -0.3 is 19.9 Å². The summed E-state index contributed by atoms with van der Waals surface area (Å²) in [4.78, 5) is 33.5. The van der Waals surface area contributed by atoms with Gasteiger partial charge in [-0.1, -0.05) is 6.07 Å². The molecule has 1 amide bonds. The Kier molecular flexibility index (Phi) is 7.14. The molecule has 3 aromatic rings. The minimum atomic E-state index is -0.517. The van der Waals surface area contributed by atoms with Crippen molar-refractivity contribution in [1.29, 1.82) is 0 Å². The lowest BCUT2D eigenvalue weighted by atomic mass is 10.2. The average molecular weight is 516 g/mol. The molecule has 3 aromatic heterocycles. The molecule has 0 aliphatic carbocycles. The third-order valence-corrected chi connectivity index (χ3v) is 5.92. The molecule has 0 radical (unpaired) electrons. The van der Waals surface area contributed by atoms with Crippen LogP contribution in [0.15, 0.2) is 35.2 Å². The summed E-state index contributed by atoms with van der Waals surface area (Å²) in [5.74, 6) is 0.781. The minimum Gasteiger partial charge on any atom is -0.444 e. The molecule has 33 heavy (non-hydrogen) atoms. The third kappa shape index (κ3) is 6.20. The van der Waals surface area contributed by atoms with Crippen LogP contribution in [0.3, 0.4) is 0 Å². The van der Waals surface area contributed by atoms with Crippen LogP contribution in [0, 0.1) is 0 Å². The number of ether oxygens (including phenoxy) is 1. The van der Waals surface area contributed by atoms with Crippen LogP contribution in [0.25, 0.3) is 11.2 Å². The van der Waals surface area contributed by atoms with Gasteiger partial charge >= 0.3 is 6.09 Å². The monoisotopic (exact) mass is 515 g/mol. The number of amides is 1. The number of nitrogens with one attached hydrogen (secondary N) is 2. The van der Waals surface area contributed by atoms with Crippen molar-refractivity contribution >= 4 is 38.9 Å². The Morgan fingerprint density at radius 3 is 2.73 bits per heavy atom. The fraction of sp³-hybridized carbons (Fsp3) is 0.478. The fourth-order valence-electron chi connectivity index (χ4n) is 3.86. The lowest BCUT2D eigenvalue weighted by Crippen LogP contribution is -2.46. The Bertz CT molecular complexity index is 1090. The molecule has 9 nitrogen and oxygen atoms in total. The maximum absolute atomic E-state index is 11.9. The molecule has 0 spiro atoms. The number of hydrogen-bond donors (Lipinski definition) is 2. The number of H-pyrrole nitrogens is 1. The van der Waals surface area contributed by atoms with Crippen LogP contribution in [0.5, 0.6) is 0 Å². The van der Waals surface area contributed by atoms with Crippen molar-refractivity contribution in [2.24, 2.45) is 0 Å². The number of hydrogen-bond acceptors (Lipinski definition) is 7. The van der Waals surface area contributed by atoms with E-state index in [1.807, 2.05) is 39.2 Å². The molecule has 4 heterocycles. The largest absolute Gasteiger partial charge is 0.444 e. The number of fused-ring (bicyclic) bond motifs is 1. The zero-order chi connectivity index (χ0) is 23.4. The van der Waals surface area contributed by atoms with Gasteiger partial charge in [0.2, 0.25) is 0 Å². The summed E-state index contributed by atoms with van der Waals surface area (Å²) >= 11 is 3.68. The Morgan fingerprint density at radius 1 is 1.24 bits per heavy atom. The highest BCUT2D eigenvalue weighted by atomic mass is 79.9. The maximum Gasteiger partial charge on any atom is 0.407 e. The number of aromatic amines is 1. The molecule has 1 fully saturated rings. The molecule has 0 bridgehead atoms. The summed E-state index contributed by atoms with van der Waals surface area (Å²) in [5.41, 5.74) is 3.37. The quantitative estimate of drug-likeness (QED) is 0.518. The Morgan fingerprint density at radius 2 is 2.03 bits per heavy atom. The van der Waals surface area contributed by atoms with E-state index in [2.05, 4.69) is 52.1 Å². The van der Waals surface area contributed by atoms with Crippen LogP contribution < -0.4 is 10.2 Å². The topological polar surface area (TPSA) is 99.3 Å². The molecular weight excluding hydrogens is 486 g/mol. The SMILES string of the molecule is CC(C)(C)OC(=O)NCCc1nc2c(N3CCN(Cc4cccnc4)CC3)c(Br)cnc2[nH]1. The van der Waals surface area contributed by atoms with Crippen LogP contribution in [0.1, 0.15) is 32.2 Å². The number of imidazole rings is 1. The van der Waals surface area contributed by atoms with E-state index in [1.54, 1.807) is 6.20 Å². The number of nitrogens with zero attached hydrogens (tertiary/aromatic N) is 5. The van der Waals surface area contributed by atoms with E-state index >= 15 is 0 Å². The van der Waals surface area contributed by atoms with Crippen molar-refractivity contribution in [1.82, 2.24) is 30.2 Å². The predicted octanol–water partition coefficient (Wildman–Crippen LogP) is 3.50. The van der Waals surface area contributed by atoms with Crippen molar-refractivity contribution in [3.8, 4) is 0 Å². The van der Waals surface area contributed by atoms with Gasteiger partial charge in [-0.25, -0.2) is 14.8 Å². The van der Waals surface area contributed by atoms with Crippen molar-refractivity contribution in [3.05, 3.63) is 46.6 Å². The maximum atomic E-state index is 11.9. The molecule has 4 rings (SSSR count). The van der Waals surface area contributed by atoms with Gasteiger partial charge in [-0.3, -0.25) is 9.88 Å². The molecule has 0 atom stereocenters. The van der Waals surface area contributed by atoms with Crippen LogP contribution in [-0.2, 0) is 17.7 Å². The predicted molar refractivity (Wildman–Crippen MR) is 131 cm³/mol. The highest BCUT2D eigenvalue weighted by molar-refractivity contribution is 9.10. The van der Waals surface area contributed by atoms with E-state index in [0.29, 0.717) is 13.0 Å². The zero-order valence-corrected chi connectivity index (χ0v) is 20.9. The number of aromatic nitrogens is 4. The number of carbonyl (C=O) groups is 1. The first-order valence-corrected chi connectivity index (χ1v) is 11.9. The van der Waals surface area contributed by atoms with E-state index in [0.717, 1.165) is 59.9 Å². The summed E-state index contributed by atoms with van der Waals surface area (Å²) in [6, 6.07) is 4.10. The number of carbonyl (C=O) groups excluding carboxylic acids is 1. The normalized spacial score (nSPS) is 15.1. The van der Waals surface area contributed by atoms with E-state index in [9.17, 15) is 4.79 Å². The van der Waals surface area contributed by atoms with Crippen molar-refractivity contribution in [2.45, 2.75) is 39.3 Å². The van der Waals surface area contributed by atoms with Crippen LogP contribution in [0.4, 0.5) is 10.5 Å². The molecule has 0 aromatic carbocycles. The second-order valence-corrected chi connectivity index (χ2v) is 9.99. The molecule has 1 saturated heterocycles. The first-order valence-electron chi connectivity index (χ1n) is 11.1. The Balaban J connectivity index is 1.39. The van der Waals surface area contributed by atoms with Gasteiger partial charge in [0.05, 0.1) is 10.2 Å². The molecule has 10 heteroatoms. The highest BCUT2D eigenvalue weighted by Crippen LogP contribution is 2.33. The van der Waals surface area contributed by atoms with Gasteiger partial charge in [-0.2, -0.15) is 0 Å². The minimum absolute atomic E-state index is 0.427. The molecule has 0 saturated carbocycles. The molecular formula is C23H30BrN7O2. The second-order valence-electron chi connectivity index (χ2n) is 9.14. The molecule has 1 aliphatic heterocycles. The Labute approximate surface area is 202 Å². The number of piperazine rings is 1. The first kappa shape index (κ1) is 23.4. The number of alkyl carbamates (subject to hydrolysis) is 1. The summed E-state index contributed by atoms with van der Waals surface area (Å²) in [5, 5.41) is 2.77. The van der Waals surface area contributed by atoms with Gasteiger partial charge in [-0.15, -0.1) is 0 Å². The lowest BCUT2D eigenvalue weighted by Gasteiger charge is -2.36. The molecule has 176 valence electrons. The summed E-state index contributed by atoms with van der Waals surface area (Å²) < 4.78 is 6.21. The van der Waals surface area contributed by atoms with Gasteiger partial charge in [0.25, 0.3) is 0 Å². The average Bonchev–Trinajstić information content (AvgIpc) is 3.17. The number of rotatable bonds is 6. The fourth-order valence-corrected chi connectivity index (χ4v) is 4.40. The van der Waals surface area contributed by atoms with Gasteiger partial charge in [-0.05, 0) is 48.3 Å². The van der Waals surface area contributed by atoms with E-state index in [1.165, 1.54) is 5.56 Å². The lowest BCUT2D eigenvalue weighted by molar-refractivity contribution is 0.0528. The van der Waals surface area contributed by atoms with E-state index < -0.39 is 11.7 Å². The van der Waals surface area contributed by atoms with Crippen LogP contribution in [-0.4, -0.2) is 69.3 Å². The van der Waals surface area contributed by atoms with E-state index in [4.69, 9.17) is 9.72 Å². The summed E-state index contributed by atoms with van der Waals surface area (Å²) in [6.45, 7) is 10.6. The van der Waals surface area contributed by atoms with Gasteiger partial charge in [0.15, 0.2) is 5.65 Å². The summed E-state index contributed by atoms with van der Waals surface area (Å²) in [6.07, 6.45) is 5.69. The van der Waals surface area contributed by atoms with Crippen molar-refractivity contribution in [2.75, 3.05) is 37.6 Å². The standard InChI is InChI=1S/C23H30BrN7O2/c1-23(2,3)33-22(32)26-8-6-18-28-19-20(17(24)14-27-21(19)29-18)31-11-9-30(10-12-31)15-16-5-4-7-25-13-16/h4-5,7,13-14H,6,8-12,15H2,1-3H3,(H,26,32)(H,27,28,29). The molecule has 1 aliphatic rings. The third-order valence-electron chi connectivity index (χ3n) is 5.34. The number of anilines is 1. The molecule has 0 unspecified atom stereocenters. The van der Waals surface area contributed by atoms with Crippen molar-refractivity contribution in [3.63, 3.8) is 0 Å². The first-order chi connectivity index (χ1) is 15.8. The molecule has 2 N–H and O–H groups in total. The van der Waals surface area contributed by atoms with Crippen LogP contribution >= 0.6 is 15.9 Å². The number of pyridine rings is 2. The number of halogens is 1. The summed E-state index contributed by atoms with van der Waals surface area (Å²) in [7, 11) is 0. The van der Waals surface area contributed by atoms with Gasteiger partial charge in [0.1, 0.15) is 16.9 Å². The van der Waals surface area contributed by atoms with Gasteiger partial charge in [0, 0.05) is 64.3 Å².